The molecule has 0 spiro atoms. The summed E-state index contributed by atoms with van der Waals surface area (Å²) in [6.45, 7) is 5.48. The highest BCUT2D eigenvalue weighted by atomic mass is 32.1. The van der Waals surface area contributed by atoms with E-state index in [9.17, 15) is 14.4 Å². The van der Waals surface area contributed by atoms with Gasteiger partial charge >= 0.3 is 5.69 Å². The summed E-state index contributed by atoms with van der Waals surface area (Å²) in [5.41, 5.74) is 3.49. The molecule has 0 saturated carbocycles. The van der Waals surface area contributed by atoms with Crippen LogP contribution in [-0.4, -0.2) is 15.0 Å². The minimum atomic E-state index is -0.528. The zero-order chi connectivity index (χ0) is 21.4. The number of para-hydroxylation sites is 1. The fourth-order valence-electron chi connectivity index (χ4n) is 3.46. The van der Waals surface area contributed by atoms with E-state index in [4.69, 9.17) is 0 Å². The fraction of sp³-hybridized carbons (Fsp3) is 0.174. The number of carbonyl (C=O) groups excluding carboxylic acids is 1. The van der Waals surface area contributed by atoms with Crippen LogP contribution in [0, 0.1) is 20.8 Å². The van der Waals surface area contributed by atoms with Gasteiger partial charge in [-0.1, -0.05) is 30.3 Å². The largest absolute Gasteiger partial charge is 0.336 e. The number of anilines is 1. The number of nitrogens with one attached hydrogen (secondary N) is 1. The normalized spacial score (nSPS) is 11.0. The van der Waals surface area contributed by atoms with E-state index < -0.39 is 5.69 Å². The van der Waals surface area contributed by atoms with Crippen LogP contribution in [0.1, 0.15) is 16.7 Å². The van der Waals surface area contributed by atoms with E-state index in [-0.39, 0.29) is 18.0 Å². The zero-order valence-corrected chi connectivity index (χ0v) is 17.7. The third kappa shape index (κ3) is 3.48. The lowest BCUT2D eigenvalue weighted by atomic mass is 10.1. The van der Waals surface area contributed by atoms with Gasteiger partial charge in [-0.25, -0.2) is 9.36 Å². The van der Waals surface area contributed by atoms with E-state index in [2.05, 4.69) is 5.32 Å². The van der Waals surface area contributed by atoms with Crippen molar-refractivity contribution < 1.29 is 4.79 Å². The van der Waals surface area contributed by atoms with Crippen LogP contribution in [0.3, 0.4) is 0 Å². The van der Waals surface area contributed by atoms with Crippen molar-refractivity contribution in [1.82, 2.24) is 9.13 Å². The van der Waals surface area contributed by atoms with Crippen LogP contribution in [0.15, 0.2) is 63.5 Å². The lowest BCUT2D eigenvalue weighted by Gasteiger charge is -2.14. The van der Waals surface area contributed by atoms with Gasteiger partial charge < -0.3 is 5.32 Å². The molecule has 2 heterocycles. The first kappa shape index (κ1) is 19.8. The van der Waals surface area contributed by atoms with E-state index in [1.54, 1.807) is 11.4 Å². The van der Waals surface area contributed by atoms with Crippen LogP contribution >= 0.6 is 11.3 Å². The summed E-state index contributed by atoms with van der Waals surface area (Å²) < 4.78 is 2.98. The highest BCUT2D eigenvalue weighted by molar-refractivity contribution is 7.17. The van der Waals surface area contributed by atoms with Gasteiger partial charge in [0, 0.05) is 5.69 Å². The Hall–Kier alpha value is -3.45. The molecule has 0 aliphatic carbocycles. The molecule has 0 bridgehead atoms. The molecule has 0 aliphatic rings. The number of hydrogen-bond acceptors (Lipinski definition) is 4. The maximum absolute atomic E-state index is 13.4. The van der Waals surface area contributed by atoms with E-state index >= 15 is 0 Å². The topological polar surface area (TPSA) is 73.1 Å². The molecule has 0 radical (unpaired) electrons. The van der Waals surface area contributed by atoms with Crippen molar-refractivity contribution in [1.29, 1.82) is 0 Å². The summed E-state index contributed by atoms with van der Waals surface area (Å²) >= 11 is 1.26. The Kier molecular flexibility index (Phi) is 5.13. The Morgan fingerprint density at radius 1 is 1.00 bits per heavy atom. The average molecular weight is 420 g/mol. The standard InChI is InChI=1S/C23H21N3O3S/c1-14-8-9-16(3)19(12-14)26-22(28)21-18(10-11-30-21)25(23(26)29)13-20(27)24-17-7-5-4-6-15(17)2/h4-12H,13H2,1-3H3,(H,24,27). The van der Waals surface area contributed by atoms with Crippen LogP contribution in [-0.2, 0) is 11.3 Å². The first-order valence-electron chi connectivity index (χ1n) is 9.53. The molecule has 0 unspecified atom stereocenters. The number of fused-ring (bicyclic) bond motifs is 1. The summed E-state index contributed by atoms with van der Waals surface area (Å²) in [5.74, 6) is -0.329. The first-order valence-corrected chi connectivity index (χ1v) is 10.4. The van der Waals surface area contributed by atoms with Crippen molar-refractivity contribution in [3.05, 3.63) is 91.4 Å². The predicted octanol–water partition coefficient (Wildman–Crippen LogP) is 3.78. The monoisotopic (exact) mass is 419 g/mol. The molecule has 4 rings (SSSR count). The number of carbonyl (C=O) groups is 1. The Morgan fingerprint density at radius 3 is 2.53 bits per heavy atom. The second-order valence-corrected chi connectivity index (χ2v) is 8.21. The third-order valence-corrected chi connectivity index (χ3v) is 5.97. The number of thiophene rings is 1. The van der Waals surface area contributed by atoms with Crippen molar-refractivity contribution in [2.75, 3.05) is 5.32 Å². The molecule has 6 nitrogen and oxygen atoms in total. The Balaban J connectivity index is 1.84. The van der Waals surface area contributed by atoms with Gasteiger partial charge in [-0.3, -0.25) is 14.2 Å². The highest BCUT2D eigenvalue weighted by Gasteiger charge is 2.19. The number of nitrogens with zero attached hydrogens (tertiary/aromatic N) is 2. The van der Waals surface area contributed by atoms with E-state index in [0.717, 1.165) is 16.7 Å². The molecule has 0 fully saturated rings. The SMILES string of the molecule is Cc1ccc(C)c(-n2c(=O)c3sccc3n(CC(=O)Nc3ccccc3C)c2=O)c1. The summed E-state index contributed by atoms with van der Waals surface area (Å²) in [6, 6.07) is 14.8. The van der Waals surface area contributed by atoms with Gasteiger partial charge in [0.1, 0.15) is 11.2 Å². The maximum atomic E-state index is 13.4. The minimum Gasteiger partial charge on any atom is -0.324 e. The number of benzene rings is 2. The summed E-state index contributed by atoms with van der Waals surface area (Å²) in [4.78, 5) is 39.2. The number of amides is 1. The maximum Gasteiger partial charge on any atom is 0.336 e. The van der Waals surface area contributed by atoms with Crippen molar-refractivity contribution in [2.45, 2.75) is 27.3 Å². The van der Waals surface area contributed by atoms with Crippen molar-refractivity contribution in [3.63, 3.8) is 0 Å². The number of hydrogen-bond donors (Lipinski definition) is 1. The molecule has 1 N–H and O–H groups in total. The molecule has 7 heteroatoms. The second kappa shape index (κ2) is 7.76. The third-order valence-electron chi connectivity index (χ3n) is 5.08. The quantitative estimate of drug-likeness (QED) is 0.547. The van der Waals surface area contributed by atoms with Gasteiger partial charge in [0.05, 0.1) is 11.2 Å². The van der Waals surface area contributed by atoms with Crippen molar-refractivity contribution in [2.24, 2.45) is 0 Å². The van der Waals surface area contributed by atoms with Gasteiger partial charge in [0.2, 0.25) is 5.91 Å². The molecule has 2 aromatic heterocycles. The minimum absolute atomic E-state index is 0.189. The van der Waals surface area contributed by atoms with Gasteiger partial charge in [-0.05, 0) is 61.0 Å². The fourth-order valence-corrected chi connectivity index (χ4v) is 4.28. The van der Waals surface area contributed by atoms with Crippen LogP contribution in [0.5, 0.6) is 0 Å². The Labute approximate surface area is 177 Å². The van der Waals surface area contributed by atoms with Crippen molar-refractivity contribution >= 4 is 33.1 Å². The van der Waals surface area contributed by atoms with Crippen LogP contribution in [0.2, 0.25) is 0 Å². The number of rotatable bonds is 4. The Bertz CT molecular complexity index is 1400. The van der Waals surface area contributed by atoms with E-state index in [0.29, 0.717) is 21.6 Å². The van der Waals surface area contributed by atoms with Gasteiger partial charge in [0.15, 0.2) is 0 Å². The molecule has 4 aromatic rings. The number of aromatic nitrogens is 2. The molecule has 0 atom stereocenters. The average Bonchev–Trinajstić information content (AvgIpc) is 3.20. The predicted molar refractivity (Wildman–Crippen MR) is 121 cm³/mol. The highest BCUT2D eigenvalue weighted by Crippen LogP contribution is 2.19. The molecule has 152 valence electrons. The lowest BCUT2D eigenvalue weighted by molar-refractivity contribution is -0.116. The zero-order valence-electron chi connectivity index (χ0n) is 16.9. The van der Waals surface area contributed by atoms with Crippen LogP contribution < -0.4 is 16.6 Å². The molecule has 0 saturated heterocycles. The summed E-state index contributed by atoms with van der Waals surface area (Å²) in [6.07, 6.45) is 0. The second-order valence-electron chi connectivity index (χ2n) is 7.30. The van der Waals surface area contributed by atoms with E-state index in [1.165, 1.54) is 20.5 Å². The molecule has 30 heavy (non-hydrogen) atoms. The summed E-state index contributed by atoms with van der Waals surface area (Å²) in [7, 11) is 0. The summed E-state index contributed by atoms with van der Waals surface area (Å²) in [5, 5.41) is 4.61. The van der Waals surface area contributed by atoms with Gasteiger partial charge in [0.25, 0.3) is 5.56 Å². The molecular formula is C23H21N3O3S. The van der Waals surface area contributed by atoms with Crippen LogP contribution in [0.25, 0.3) is 15.9 Å². The lowest BCUT2D eigenvalue weighted by Crippen LogP contribution is -2.40. The van der Waals surface area contributed by atoms with Gasteiger partial charge in [-0.2, -0.15) is 0 Å². The van der Waals surface area contributed by atoms with Crippen LogP contribution in [0.4, 0.5) is 5.69 Å². The van der Waals surface area contributed by atoms with Gasteiger partial charge in [-0.15, -0.1) is 11.3 Å². The molecule has 0 aliphatic heterocycles. The smallest absolute Gasteiger partial charge is 0.324 e. The molecule has 1 amide bonds. The molecule has 2 aromatic carbocycles. The van der Waals surface area contributed by atoms with E-state index in [1.807, 2.05) is 63.2 Å². The van der Waals surface area contributed by atoms with Crippen molar-refractivity contribution in [3.8, 4) is 5.69 Å². The number of aryl methyl sites for hydroxylation is 3. The first-order chi connectivity index (χ1) is 14.4. The molecular weight excluding hydrogens is 398 g/mol. The Morgan fingerprint density at radius 2 is 1.77 bits per heavy atom.